The molecule has 1 fully saturated rings. The maximum absolute atomic E-state index is 13.1. The van der Waals surface area contributed by atoms with Crippen molar-refractivity contribution < 1.29 is 17.6 Å². The summed E-state index contributed by atoms with van der Waals surface area (Å²) in [6, 6.07) is 15.5. The molecule has 3 aromatic rings. The van der Waals surface area contributed by atoms with Gasteiger partial charge in [-0.3, -0.25) is 4.79 Å². The van der Waals surface area contributed by atoms with E-state index in [0.29, 0.717) is 31.5 Å². The number of para-hydroxylation sites is 1. The second kappa shape index (κ2) is 7.69. The molecule has 1 atom stereocenters. The molecule has 8 heteroatoms. The Morgan fingerprint density at radius 2 is 1.93 bits per heavy atom. The van der Waals surface area contributed by atoms with Gasteiger partial charge >= 0.3 is 0 Å². The van der Waals surface area contributed by atoms with E-state index in [0.717, 1.165) is 15.4 Å². The minimum Gasteiger partial charge on any atom is -0.443 e. The predicted molar refractivity (Wildman–Crippen MR) is 109 cm³/mol. The van der Waals surface area contributed by atoms with Crippen LogP contribution in [-0.2, 0) is 21.4 Å². The van der Waals surface area contributed by atoms with Gasteiger partial charge in [0.1, 0.15) is 11.6 Å². The molecular formula is C20H19BrN2O4S. The summed E-state index contributed by atoms with van der Waals surface area (Å²) in [5, 5.41) is 3.44. The first-order chi connectivity index (χ1) is 13.4. The number of rotatable bonds is 5. The van der Waals surface area contributed by atoms with Gasteiger partial charge in [-0.15, -0.1) is 0 Å². The van der Waals surface area contributed by atoms with Crippen molar-refractivity contribution in [2.45, 2.75) is 30.5 Å². The number of carbonyl (C=O) groups is 1. The minimum atomic E-state index is -3.88. The summed E-state index contributed by atoms with van der Waals surface area (Å²) in [6.45, 7) is 0.650. The van der Waals surface area contributed by atoms with Crippen molar-refractivity contribution >= 4 is 42.8 Å². The number of benzene rings is 2. The topological polar surface area (TPSA) is 79.6 Å². The van der Waals surface area contributed by atoms with Gasteiger partial charge in [0.25, 0.3) is 10.0 Å². The third kappa shape index (κ3) is 3.72. The lowest BCUT2D eigenvalue weighted by atomic mass is 10.2. The van der Waals surface area contributed by atoms with Crippen LogP contribution in [0.5, 0.6) is 0 Å². The summed E-state index contributed by atoms with van der Waals surface area (Å²) >= 11 is 3.37. The molecule has 1 aromatic heterocycles. The summed E-state index contributed by atoms with van der Waals surface area (Å²) < 4.78 is 33.9. The van der Waals surface area contributed by atoms with Gasteiger partial charge in [-0.25, -0.2) is 8.42 Å². The number of hydrogen-bond donors (Lipinski definition) is 1. The lowest BCUT2D eigenvalue weighted by molar-refractivity contribution is -0.124. The molecular weight excluding hydrogens is 444 g/mol. The second-order valence-electron chi connectivity index (χ2n) is 6.72. The summed E-state index contributed by atoms with van der Waals surface area (Å²) in [5.74, 6) is -0.292. The maximum atomic E-state index is 13.1. The van der Waals surface area contributed by atoms with Crippen LogP contribution in [0.2, 0.25) is 0 Å². The van der Waals surface area contributed by atoms with E-state index in [4.69, 9.17) is 4.42 Å². The van der Waals surface area contributed by atoms with E-state index in [2.05, 4.69) is 21.2 Å². The normalized spacial score (nSPS) is 17.8. The quantitative estimate of drug-likeness (QED) is 0.627. The van der Waals surface area contributed by atoms with Crippen LogP contribution in [0, 0.1) is 0 Å². The van der Waals surface area contributed by atoms with E-state index in [9.17, 15) is 13.2 Å². The van der Waals surface area contributed by atoms with Crippen molar-refractivity contribution in [3.63, 3.8) is 0 Å². The van der Waals surface area contributed by atoms with Crippen molar-refractivity contribution in [1.29, 1.82) is 0 Å². The first-order valence-corrected chi connectivity index (χ1v) is 11.2. The number of nitrogens with zero attached hydrogens (tertiary/aromatic N) is 1. The van der Waals surface area contributed by atoms with E-state index in [1.165, 1.54) is 10.4 Å². The zero-order valence-electron chi connectivity index (χ0n) is 15.0. The van der Waals surface area contributed by atoms with Crippen LogP contribution in [-0.4, -0.2) is 31.2 Å². The molecule has 0 unspecified atom stereocenters. The molecule has 2 aromatic carbocycles. The van der Waals surface area contributed by atoms with Gasteiger partial charge < -0.3 is 9.73 Å². The Hall–Kier alpha value is -2.16. The van der Waals surface area contributed by atoms with Gasteiger partial charge in [-0.1, -0.05) is 46.3 Å². The van der Waals surface area contributed by atoms with Crippen molar-refractivity contribution in [3.8, 4) is 0 Å². The number of sulfonamides is 1. The fourth-order valence-electron chi connectivity index (χ4n) is 3.40. The van der Waals surface area contributed by atoms with Gasteiger partial charge in [0.2, 0.25) is 11.0 Å². The van der Waals surface area contributed by atoms with Crippen LogP contribution in [0.1, 0.15) is 18.4 Å². The lowest BCUT2D eigenvalue weighted by Crippen LogP contribution is -2.45. The Morgan fingerprint density at radius 3 is 2.68 bits per heavy atom. The molecule has 28 heavy (non-hydrogen) atoms. The van der Waals surface area contributed by atoms with Crippen LogP contribution < -0.4 is 5.32 Å². The van der Waals surface area contributed by atoms with Crippen molar-refractivity contribution in [1.82, 2.24) is 9.62 Å². The highest BCUT2D eigenvalue weighted by Gasteiger charge is 2.40. The fourth-order valence-corrected chi connectivity index (χ4v) is 5.27. The Kier molecular flexibility index (Phi) is 5.27. The van der Waals surface area contributed by atoms with Crippen LogP contribution >= 0.6 is 15.9 Å². The second-order valence-corrected chi connectivity index (χ2v) is 9.46. The van der Waals surface area contributed by atoms with Gasteiger partial charge in [0.05, 0.1) is 0 Å². The van der Waals surface area contributed by atoms with Crippen molar-refractivity contribution in [2.75, 3.05) is 6.54 Å². The molecule has 1 saturated heterocycles. The number of amides is 1. The van der Waals surface area contributed by atoms with E-state index in [1.807, 2.05) is 30.3 Å². The SMILES string of the molecule is O=C(NCc1ccc(Br)cc1)[C@@H]1CCCN1S(=O)(=O)c1cc2ccccc2o1. The standard InChI is InChI=1S/C20H19BrN2O4S/c21-16-9-7-14(8-10-16)13-22-20(24)17-5-3-11-23(17)28(25,26)19-12-15-4-1-2-6-18(15)27-19/h1-2,4,6-10,12,17H,3,5,11,13H2,(H,22,24)/t17-/m0/s1. The first-order valence-electron chi connectivity index (χ1n) is 8.98. The van der Waals surface area contributed by atoms with E-state index < -0.39 is 16.1 Å². The molecule has 0 radical (unpaired) electrons. The molecule has 4 rings (SSSR count). The van der Waals surface area contributed by atoms with Crippen LogP contribution in [0.4, 0.5) is 0 Å². The molecule has 146 valence electrons. The van der Waals surface area contributed by atoms with Gasteiger partial charge in [0, 0.05) is 29.0 Å². The Bertz CT molecular complexity index is 1080. The smallest absolute Gasteiger partial charge is 0.277 e. The predicted octanol–water partition coefficient (Wildman–Crippen LogP) is 3.66. The Morgan fingerprint density at radius 1 is 1.18 bits per heavy atom. The number of fused-ring (bicyclic) bond motifs is 1. The van der Waals surface area contributed by atoms with Crippen LogP contribution in [0.25, 0.3) is 11.0 Å². The van der Waals surface area contributed by atoms with Gasteiger partial charge in [0.15, 0.2) is 0 Å². The van der Waals surface area contributed by atoms with Crippen molar-refractivity contribution in [3.05, 3.63) is 64.6 Å². The Labute approximate surface area is 171 Å². The summed E-state index contributed by atoms with van der Waals surface area (Å²) in [4.78, 5) is 12.7. The van der Waals surface area contributed by atoms with Crippen LogP contribution in [0.3, 0.4) is 0 Å². The van der Waals surface area contributed by atoms with Crippen molar-refractivity contribution in [2.24, 2.45) is 0 Å². The largest absolute Gasteiger partial charge is 0.443 e. The summed E-state index contributed by atoms with van der Waals surface area (Å²) in [5.41, 5.74) is 1.46. The third-order valence-electron chi connectivity index (χ3n) is 4.85. The molecule has 2 heterocycles. The molecule has 0 saturated carbocycles. The highest BCUT2D eigenvalue weighted by atomic mass is 79.9. The number of carbonyl (C=O) groups excluding carboxylic acids is 1. The fraction of sp³-hybridized carbons (Fsp3) is 0.250. The third-order valence-corrected chi connectivity index (χ3v) is 7.15. The van der Waals surface area contributed by atoms with E-state index in [-0.39, 0.29) is 11.0 Å². The molecule has 1 N–H and O–H groups in total. The minimum absolute atomic E-state index is 0.124. The molecule has 1 aliphatic rings. The molecule has 0 aliphatic carbocycles. The average molecular weight is 463 g/mol. The molecule has 6 nitrogen and oxygen atoms in total. The first kappa shape index (κ1) is 19.2. The van der Waals surface area contributed by atoms with Gasteiger partial charge in [-0.05, 0) is 36.6 Å². The monoisotopic (exact) mass is 462 g/mol. The highest BCUT2D eigenvalue weighted by Crippen LogP contribution is 2.30. The zero-order valence-corrected chi connectivity index (χ0v) is 17.4. The number of furan rings is 1. The average Bonchev–Trinajstić information content (AvgIpc) is 3.35. The van der Waals surface area contributed by atoms with E-state index in [1.54, 1.807) is 18.2 Å². The zero-order chi connectivity index (χ0) is 19.7. The number of halogens is 1. The molecule has 1 aliphatic heterocycles. The Balaban J connectivity index is 1.51. The number of hydrogen-bond acceptors (Lipinski definition) is 4. The highest BCUT2D eigenvalue weighted by molar-refractivity contribution is 9.10. The summed E-state index contributed by atoms with van der Waals surface area (Å²) in [7, 11) is -3.88. The maximum Gasteiger partial charge on any atom is 0.277 e. The van der Waals surface area contributed by atoms with Crippen LogP contribution in [0.15, 0.2) is 68.6 Å². The number of nitrogens with one attached hydrogen (secondary N) is 1. The lowest BCUT2D eigenvalue weighted by Gasteiger charge is -2.22. The molecule has 0 bridgehead atoms. The van der Waals surface area contributed by atoms with Gasteiger partial charge in [-0.2, -0.15) is 4.31 Å². The summed E-state index contributed by atoms with van der Waals surface area (Å²) in [6.07, 6.45) is 1.13. The van der Waals surface area contributed by atoms with E-state index >= 15 is 0 Å². The molecule has 0 spiro atoms. The molecule has 1 amide bonds.